The van der Waals surface area contributed by atoms with Gasteiger partial charge in [0.1, 0.15) is 12.0 Å². The number of aryl methyl sites for hydroxylation is 1. The Morgan fingerprint density at radius 2 is 2.22 bits per heavy atom. The van der Waals surface area contributed by atoms with Crippen molar-refractivity contribution in [1.82, 2.24) is 19.9 Å². The van der Waals surface area contributed by atoms with Gasteiger partial charge in [-0.05, 0) is 49.6 Å². The highest BCUT2D eigenvalue weighted by Gasteiger charge is 2.26. The summed E-state index contributed by atoms with van der Waals surface area (Å²) in [5.74, 6) is 0. The van der Waals surface area contributed by atoms with Gasteiger partial charge in [0.15, 0.2) is 0 Å². The highest BCUT2D eigenvalue weighted by Crippen LogP contribution is 2.31. The van der Waals surface area contributed by atoms with Gasteiger partial charge in [-0.25, -0.2) is 14.8 Å². The summed E-state index contributed by atoms with van der Waals surface area (Å²) in [5.41, 5.74) is 4.86. The molecule has 1 atom stereocenters. The van der Waals surface area contributed by atoms with Crippen molar-refractivity contribution in [1.29, 1.82) is 0 Å². The van der Waals surface area contributed by atoms with E-state index in [0.717, 1.165) is 44.4 Å². The van der Waals surface area contributed by atoms with Gasteiger partial charge in [0.25, 0.3) is 0 Å². The lowest BCUT2D eigenvalue weighted by atomic mass is 9.96. The quantitative estimate of drug-likeness (QED) is 0.622. The molecule has 138 valence electrons. The molecule has 0 spiro atoms. The van der Waals surface area contributed by atoms with Crippen LogP contribution in [0, 0.1) is 6.92 Å². The number of nitrogens with zero attached hydrogens (tertiary/aromatic N) is 3. The Morgan fingerprint density at radius 3 is 3.00 bits per heavy atom. The van der Waals surface area contributed by atoms with Gasteiger partial charge in [0.2, 0.25) is 0 Å². The fourth-order valence-corrected chi connectivity index (χ4v) is 3.90. The molecule has 1 aromatic carbocycles. The van der Waals surface area contributed by atoms with Gasteiger partial charge >= 0.3 is 6.03 Å². The molecule has 4 rings (SSSR count). The molecule has 1 aliphatic heterocycles. The molecule has 27 heavy (non-hydrogen) atoms. The fourth-order valence-electron chi connectivity index (χ4n) is 3.50. The average molecular weight is 426 g/mol. The maximum absolute atomic E-state index is 12.7. The van der Waals surface area contributed by atoms with Crippen LogP contribution in [0.2, 0.25) is 0 Å². The van der Waals surface area contributed by atoms with Crippen molar-refractivity contribution in [3.8, 4) is 0 Å². The Bertz CT molecular complexity index is 1040. The second kappa shape index (κ2) is 7.15. The van der Waals surface area contributed by atoms with Crippen molar-refractivity contribution in [3.63, 3.8) is 0 Å². The minimum Gasteiger partial charge on any atom is -0.346 e. The highest BCUT2D eigenvalue weighted by molar-refractivity contribution is 9.10. The third kappa shape index (κ3) is 3.47. The molecule has 0 bridgehead atoms. The van der Waals surface area contributed by atoms with E-state index in [9.17, 15) is 4.79 Å². The van der Waals surface area contributed by atoms with Gasteiger partial charge in [0.05, 0.1) is 5.69 Å². The minimum atomic E-state index is -0.0958. The van der Waals surface area contributed by atoms with Crippen LogP contribution < -0.4 is 5.32 Å². The first-order valence-corrected chi connectivity index (χ1v) is 9.63. The van der Waals surface area contributed by atoms with Crippen LogP contribution >= 0.6 is 15.9 Å². The van der Waals surface area contributed by atoms with Crippen molar-refractivity contribution in [2.45, 2.75) is 26.3 Å². The number of carbonyl (C=O) groups is 1. The molecule has 6 nitrogen and oxygen atoms in total. The van der Waals surface area contributed by atoms with E-state index in [-0.39, 0.29) is 12.1 Å². The lowest BCUT2D eigenvalue weighted by Gasteiger charge is -2.33. The molecule has 7 heteroatoms. The Morgan fingerprint density at radius 1 is 1.37 bits per heavy atom. The maximum atomic E-state index is 12.7. The van der Waals surface area contributed by atoms with Crippen LogP contribution in [0.1, 0.15) is 24.6 Å². The molecule has 0 fully saturated rings. The third-order valence-electron chi connectivity index (χ3n) is 4.89. The number of aromatic nitrogens is 3. The summed E-state index contributed by atoms with van der Waals surface area (Å²) < 4.78 is 0.934. The minimum absolute atomic E-state index is 0.0708. The predicted molar refractivity (Wildman–Crippen MR) is 111 cm³/mol. The summed E-state index contributed by atoms with van der Waals surface area (Å²) in [5, 5.41) is 4.03. The summed E-state index contributed by atoms with van der Waals surface area (Å²) in [7, 11) is 0. The van der Waals surface area contributed by atoms with Crippen molar-refractivity contribution in [2.75, 3.05) is 11.9 Å². The topological polar surface area (TPSA) is 73.9 Å². The van der Waals surface area contributed by atoms with E-state index in [1.54, 1.807) is 6.33 Å². The number of carbonyl (C=O) groups excluding carboxylic acids is 1. The van der Waals surface area contributed by atoms with Gasteiger partial charge < -0.3 is 15.2 Å². The zero-order chi connectivity index (χ0) is 19.0. The molecule has 3 aromatic rings. The van der Waals surface area contributed by atoms with Crippen LogP contribution in [0.3, 0.4) is 0 Å². The molecular formula is C20H20BrN5O. The van der Waals surface area contributed by atoms with Gasteiger partial charge in [-0.3, -0.25) is 0 Å². The van der Waals surface area contributed by atoms with E-state index in [1.807, 2.05) is 35.4 Å². The molecule has 0 aliphatic carbocycles. The van der Waals surface area contributed by atoms with Crippen molar-refractivity contribution in [3.05, 3.63) is 58.6 Å². The summed E-state index contributed by atoms with van der Waals surface area (Å²) >= 11 is 3.43. The molecule has 2 aromatic heterocycles. The van der Waals surface area contributed by atoms with E-state index in [1.165, 1.54) is 0 Å². The molecule has 1 aliphatic rings. The molecular weight excluding hydrogens is 406 g/mol. The number of urea groups is 1. The zero-order valence-electron chi connectivity index (χ0n) is 15.2. The van der Waals surface area contributed by atoms with Crippen molar-refractivity contribution >= 4 is 44.3 Å². The summed E-state index contributed by atoms with van der Waals surface area (Å²) in [6.07, 6.45) is 6.39. The fraction of sp³-hybridized carbons (Fsp3) is 0.250. The Balaban J connectivity index is 1.56. The van der Waals surface area contributed by atoms with Gasteiger partial charge in [-0.2, -0.15) is 0 Å². The van der Waals surface area contributed by atoms with Gasteiger partial charge in [0, 0.05) is 34.3 Å². The van der Waals surface area contributed by atoms with Gasteiger partial charge in [-0.1, -0.05) is 28.1 Å². The standard InChI is InChI=1S/C20H20BrN5O/c1-12-10-22-19-17(12)18(23-11-24-19)14-6-7-26(13(2)8-14)20(27)25-16-5-3-4-15(21)9-16/h3-6,9-11,13H,7-8H2,1-2H3,(H,25,27)(H,22,23,24). The Labute approximate surface area is 165 Å². The lowest BCUT2D eigenvalue weighted by Crippen LogP contribution is -2.43. The molecule has 0 radical (unpaired) electrons. The number of hydrogen-bond acceptors (Lipinski definition) is 3. The summed E-state index contributed by atoms with van der Waals surface area (Å²) in [6, 6.07) is 7.57. The summed E-state index contributed by atoms with van der Waals surface area (Å²) in [6.45, 7) is 4.66. The van der Waals surface area contributed by atoms with E-state index in [2.05, 4.69) is 56.1 Å². The highest BCUT2D eigenvalue weighted by atomic mass is 79.9. The first kappa shape index (κ1) is 17.7. The first-order chi connectivity index (χ1) is 13.0. The van der Waals surface area contributed by atoms with Crippen LogP contribution in [0.4, 0.5) is 10.5 Å². The van der Waals surface area contributed by atoms with Crippen molar-refractivity contribution in [2.24, 2.45) is 0 Å². The lowest BCUT2D eigenvalue weighted by molar-refractivity contribution is 0.198. The van der Waals surface area contributed by atoms with E-state index in [4.69, 9.17) is 0 Å². The monoisotopic (exact) mass is 425 g/mol. The molecule has 3 heterocycles. The maximum Gasteiger partial charge on any atom is 0.322 e. The zero-order valence-corrected chi connectivity index (χ0v) is 16.7. The van der Waals surface area contributed by atoms with Crippen LogP contribution in [0.25, 0.3) is 16.6 Å². The van der Waals surface area contributed by atoms with Crippen LogP contribution in [0.15, 0.2) is 47.3 Å². The number of anilines is 1. The van der Waals surface area contributed by atoms with Crippen LogP contribution in [0.5, 0.6) is 0 Å². The molecule has 1 unspecified atom stereocenters. The predicted octanol–water partition coefficient (Wildman–Crippen LogP) is 4.74. The number of nitrogens with one attached hydrogen (secondary N) is 2. The number of hydrogen-bond donors (Lipinski definition) is 2. The number of aromatic amines is 1. The summed E-state index contributed by atoms with van der Waals surface area (Å²) in [4.78, 5) is 26.5. The number of benzene rings is 1. The molecule has 2 N–H and O–H groups in total. The number of fused-ring (bicyclic) bond motifs is 1. The Kier molecular flexibility index (Phi) is 4.70. The van der Waals surface area contributed by atoms with E-state index in [0.29, 0.717) is 6.54 Å². The van der Waals surface area contributed by atoms with Gasteiger partial charge in [-0.15, -0.1) is 0 Å². The SMILES string of the molecule is Cc1c[nH]c2ncnc(C3=CCN(C(=O)Nc4cccc(Br)c4)C(C)C3)c12. The van der Waals surface area contributed by atoms with Crippen LogP contribution in [-0.2, 0) is 0 Å². The first-order valence-electron chi connectivity index (χ1n) is 8.84. The number of amides is 2. The van der Waals surface area contributed by atoms with E-state index >= 15 is 0 Å². The average Bonchev–Trinajstić information content (AvgIpc) is 3.03. The normalized spacial score (nSPS) is 17.1. The Hall–Kier alpha value is -2.67. The second-order valence-electron chi connectivity index (χ2n) is 6.79. The number of H-pyrrole nitrogens is 1. The molecule has 2 amide bonds. The second-order valence-corrected chi connectivity index (χ2v) is 7.71. The largest absolute Gasteiger partial charge is 0.346 e. The smallest absolute Gasteiger partial charge is 0.322 e. The van der Waals surface area contributed by atoms with Crippen LogP contribution in [-0.4, -0.2) is 38.5 Å². The molecule has 0 saturated heterocycles. The number of halogens is 1. The number of rotatable bonds is 2. The molecule has 0 saturated carbocycles. The van der Waals surface area contributed by atoms with E-state index < -0.39 is 0 Å². The van der Waals surface area contributed by atoms with Crippen molar-refractivity contribution < 1.29 is 4.79 Å². The third-order valence-corrected chi connectivity index (χ3v) is 5.38.